The predicted molar refractivity (Wildman–Crippen MR) is 87.6 cm³/mol. The number of halogens is 1. The number of nitrogens with zero attached hydrogens (tertiary/aromatic N) is 4. The molecular weight excluding hydrogens is 314 g/mol. The van der Waals surface area contributed by atoms with Gasteiger partial charge in [0.25, 0.3) is 5.88 Å². The van der Waals surface area contributed by atoms with Gasteiger partial charge in [-0.05, 0) is 6.07 Å². The highest BCUT2D eigenvalue weighted by Crippen LogP contribution is 2.29. The number of hydrogen-bond donors (Lipinski definition) is 1. The van der Waals surface area contributed by atoms with Gasteiger partial charge in [0.05, 0.1) is 5.52 Å². The van der Waals surface area contributed by atoms with Gasteiger partial charge in [-0.15, -0.1) is 0 Å². The first-order chi connectivity index (χ1) is 11.3. The lowest BCUT2D eigenvalue weighted by molar-refractivity contribution is 0.102. The first-order valence-corrected chi connectivity index (χ1v) is 7.77. The molecule has 1 N–H and O–H groups in total. The molecule has 0 unspecified atom stereocenters. The van der Waals surface area contributed by atoms with E-state index in [1.807, 2.05) is 30.5 Å². The van der Waals surface area contributed by atoms with Crippen LogP contribution in [0.5, 0.6) is 5.88 Å². The number of ether oxygens (including phenoxy) is 1. The average Bonchev–Trinajstić information content (AvgIpc) is 2.54. The zero-order valence-electron chi connectivity index (χ0n) is 12.2. The second kappa shape index (κ2) is 5.96. The monoisotopic (exact) mass is 327 g/mol. The molecule has 3 aromatic rings. The molecule has 0 radical (unpaired) electrons. The van der Waals surface area contributed by atoms with Crippen LogP contribution in [0.1, 0.15) is 12.8 Å². The summed E-state index contributed by atoms with van der Waals surface area (Å²) in [5.74, 6) is 1.03. The van der Waals surface area contributed by atoms with Gasteiger partial charge < -0.3 is 10.1 Å². The van der Waals surface area contributed by atoms with Crippen molar-refractivity contribution in [3.8, 4) is 5.88 Å². The van der Waals surface area contributed by atoms with Gasteiger partial charge in [0.1, 0.15) is 6.10 Å². The van der Waals surface area contributed by atoms with Crippen LogP contribution in [0.15, 0.2) is 42.9 Å². The molecule has 1 aromatic carbocycles. The Bertz CT molecular complexity index is 837. The summed E-state index contributed by atoms with van der Waals surface area (Å²) in [6.45, 7) is 0. The summed E-state index contributed by atoms with van der Waals surface area (Å²) in [5.41, 5.74) is 0.934. The molecule has 1 fully saturated rings. The first kappa shape index (κ1) is 14.1. The third kappa shape index (κ3) is 3.03. The third-order valence-corrected chi connectivity index (χ3v) is 4.08. The number of anilines is 1. The summed E-state index contributed by atoms with van der Waals surface area (Å²) in [4.78, 5) is 16.9. The Morgan fingerprint density at radius 3 is 2.78 bits per heavy atom. The molecule has 0 bridgehead atoms. The molecule has 2 heterocycles. The van der Waals surface area contributed by atoms with Crippen LogP contribution >= 0.6 is 11.6 Å². The maximum atomic E-state index is 5.94. The Kier molecular flexibility index (Phi) is 3.67. The Morgan fingerprint density at radius 1 is 1.09 bits per heavy atom. The molecule has 1 saturated carbocycles. The molecule has 116 valence electrons. The van der Waals surface area contributed by atoms with Gasteiger partial charge in [0.15, 0.2) is 5.15 Å². The second-order valence-electron chi connectivity index (χ2n) is 5.46. The standard InChI is InChI=1S/C16H14ClN5O/c17-14-15(19-6-5-18-14)23-12-7-11(8-12)21-16-20-9-10-3-1-2-4-13(10)22-16/h1-6,9,11-12H,7-8H2,(H,20,21,22)/t11-,12-. The Hall–Kier alpha value is -2.47. The average molecular weight is 328 g/mol. The molecule has 2 aromatic heterocycles. The van der Waals surface area contributed by atoms with Gasteiger partial charge >= 0.3 is 0 Å². The van der Waals surface area contributed by atoms with Crippen LogP contribution in [0, 0.1) is 0 Å². The molecule has 4 rings (SSSR count). The SMILES string of the molecule is Clc1nccnc1O[C@H]1C[C@H](Nc2ncc3ccccc3n2)C1. The van der Waals surface area contributed by atoms with Crippen LogP contribution in [0.3, 0.4) is 0 Å². The van der Waals surface area contributed by atoms with Gasteiger partial charge in [-0.3, -0.25) is 0 Å². The molecule has 1 aliphatic carbocycles. The zero-order chi connectivity index (χ0) is 15.6. The van der Waals surface area contributed by atoms with Crippen molar-refractivity contribution in [3.63, 3.8) is 0 Å². The molecule has 1 aliphatic rings. The summed E-state index contributed by atoms with van der Waals surface area (Å²) in [6, 6.07) is 8.21. The Balaban J connectivity index is 1.36. The van der Waals surface area contributed by atoms with Gasteiger partial charge in [-0.25, -0.2) is 19.9 Å². The Morgan fingerprint density at radius 2 is 1.91 bits per heavy atom. The van der Waals surface area contributed by atoms with E-state index in [1.54, 1.807) is 6.20 Å². The van der Waals surface area contributed by atoms with Crippen molar-refractivity contribution in [3.05, 3.63) is 48.0 Å². The van der Waals surface area contributed by atoms with Crippen LogP contribution in [-0.2, 0) is 0 Å². The molecular formula is C16H14ClN5O. The van der Waals surface area contributed by atoms with E-state index in [1.165, 1.54) is 6.20 Å². The fourth-order valence-electron chi connectivity index (χ4n) is 2.55. The van der Waals surface area contributed by atoms with Crippen molar-refractivity contribution >= 4 is 28.5 Å². The van der Waals surface area contributed by atoms with Gasteiger partial charge in [-0.1, -0.05) is 29.8 Å². The summed E-state index contributed by atoms with van der Waals surface area (Å²) in [7, 11) is 0. The van der Waals surface area contributed by atoms with Crippen molar-refractivity contribution < 1.29 is 4.74 Å². The van der Waals surface area contributed by atoms with Gasteiger partial charge in [0.2, 0.25) is 5.95 Å². The molecule has 0 aliphatic heterocycles. The number of aromatic nitrogens is 4. The first-order valence-electron chi connectivity index (χ1n) is 7.39. The lowest BCUT2D eigenvalue weighted by Gasteiger charge is -2.35. The van der Waals surface area contributed by atoms with E-state index < -0.39 is 0 Å². The van der Waals surface area contributed by atoms with Crippen LogP contribution in [-0.4, -0.2) is 32.1 Å². The smallest absolute Gasteiger partial charge is 0.252 e. The molecule has 0 atom stereocenters. The summed E-state index contributed by atoms with van der Waals surface area (Å²) < 4.78 is 5.73. The Labute approximate surface area is 137 Å². The number of fused-ring (bicyclic) bond motifs is 1. The number of nitrogens with one attached hydrogen (secondary N) is 1. The number of para-hydroxylation sites is 1. The highest BCUT2D eigenvalue weighted by Gasteiger charge is 2.32. The third-order valence-electron chi connectivity index (χ3n) is 3.82. The fourth-order valence-corrected chi connectivity index (χ4v) is 2.70. The molecule has 0 spiro atoms. The topological polar surface area (TPSA) is 72.8 Å². The number of hydrogen-bond acceptors (Lipinski definition) is 6. The van der Waals surface area contributed by atoms with Crippen LogP contribution in [0.25, 0.3) is 10.9 Å². The number of benzene rings is 1. The predicted octanol–water partition coefficient (Wildman–Crippen LogP) is 3.10. The second-order valence-corrected chi connectivity index (χ2v) is 5.82. The highest BCUT2D eigenvalue weighted by molar-refractivity contribution is 6.30. The van der Waals surface area contributed by atoms with E-state index in [0.29, 0.717) is 17.0 Å². The van der Waals surface area contributed by atoms with Crippen molar-refractivity contribution in [1.29, 1.82) is 0 Å². The molecule has 0 saturated heterocycles. The maximum absolute atomic E-state index is 5.94. The van der Waals surface area contributed by atoms with Gasteiger partial charge in [0, 0.05) is 42.9 Å². The van der Waals surface area contributed by atoms with E-state index in [-0.39, 0.29) is 12.1 Å². The molecule has 23 heavy (non-hydrogen) atoms. The normalized spacial score (nSPS) is 20.0. The van der Waals surface area contributed by atoms with Crippen molar-refractivity contribution in [2.24, 2.45) is 0 Å². The zero-order valence-corrected chi connectivity index (χ0v) is 12.9. The quantitative estimate of drug-likeness (QED) is 0.793. The highest BCUT2D eigenvalue weighted by atomic mass is 35.5. The minimum Gasteiger partial charge on any atom is -0.472 e. The molecule has 6 nitrogen and oxygen atoms in total. The van der Waals surface area contributed by atoms with Crippen molar-refractivity contribution in [2.45, 2.75) is 25.0 Å². The minimum absolute atomic E-state index is 0.0853. The van der Waals surface area contributed by atoms with E-state index in [4.69, 9.17) is 16.3 Å². The van der Waals surface area contributed by atoms with Crippen molar-refractivity contribution in [2.75, 3.05) is 5.32 Å². The maximum Gasteiger partial charge on any atom is 0.252 e. The number of rotatable bonds is 4. The van der Waals surface area contributed by atoms with E-state index >= 15 is 0 Å². The minimum atomic E-state index is 0.0853. The van der Waals surface area contributed by atoms with Crippen LogP contribution in [0.4, 0.5) is 5.95 Å². The fraction of sp³-hybridized carbons (Fsp3) is 0.250. The van der Waals surface area contributed by atoms with E-state index in [9.17, 15) is 0 Å². The van der Waals surface area contributed by atoms with E-state index in [2.05, 4.69) is 25.3 Å². The summed E-state index contributed by atoms with van der Waals surface area (Å²) in [5, 5.41) is 4.66. The molecule has 7 heteroatoms. The van der Waals surface area contributed by atoms with E-state index in [0.717, 1.165) is 23.7 Å². The van der Waals surface area contributed by atoms with Gasteiger partial charge in [-0.2, -0.15) is 0 Å². The summed E-state index contributed by atoms with van der Waals surface area (Å²) in [6.07, 6.45) is 6.72. The van der Waals surface area contributed by atoms with Crippen LogP contribution in [0.2, 0.25) is 5.15 Å². The largest absolute Gasteiger partial charge is 0.472 e. The lowest BCUT2D eigenvalue weighted by atomic mass is 9.89. The van der Waals surface area contributed by atoms with Crippen molar-refractivity contribution in [1.82, 2.24) is 19.9 Å². The van der Waals surface area contributed by atoms with Crippen LogP contribution < -0.4 is 10.1 Å². The lowest BCUT2D eigenvalue weighted by Crippen LogP contribution is -2.43. The summed E-state index contributed by atoms with van der Waals surface area (Å²) >= 11 is 5.94. The molecule has 0 amide bonds.